The van der Waals surface area contributed by atoms with Gasteiger partial charge in [-0.05, 0) is 49.9 Å². The summed E-state index contributed by atoms with van der Waals surface area (Å²) >= 11 is 0. The molecule has 0 spiro atoms. The molecule has 1 aromatic carbocycles. The highest BCUT2D eigenvalue weighted by Crippen LogP contribution is 2.27. The quantitative estimate of drug-likeness (QED) is 0.823. The highest BCUT2D eigenvalue weighted by atomic mass is 16.3. The molecule has 94 valence electrons. The lowest BCUT2D eigenvalue weighted by Gasteiger charge is -2.25. The van der Waals surface area contributed by atoms with E-state index in [1.165, 1.54) is 30.4 Å². The van der Waals surface area contributed by atoms with Crippen LogP contribution in [0.15, 0.2) is 18.2 Å². The molecule has 1 aliphatic heterocycles. The number of aryl methyl sites for hydroxylation is 2. The third kappa shape index (κ3) is 2.88. The molecule has 2 nitrogen and oxygen atoms in total. The number of nitrogens with one attached hydrogen (secondary N) is 1. The molecule has 0 radical (unpaired) electrons. The SMILES string of the molecule is Cc1cccc(C)c1C(O)C1CCCCCN1. The third-order valence-electron chi connectivity index (χ3n) is 3.82. The van der Waals surface area contributed by atoms with Crippen LogP contribution in [-0.2, 0) is 0 Å². The number of hydrogen-bond acceptors (Lipinski definition) is 2. The third-order valence-corrected chi connectivity index (χ3v) is 3.82. The molecule has 1 heterocycles. The molecule has 1 aliphatic rings. The van der Waals surface area contributed by atoms with E-state index in [-0.39, 0.29) is 12.1 Å². The zero-order valence-corrected chi connectivity index (χ0v) is 10.9. The van der Waals surface area contributed by atoms with E-state index in [0.29, 0.717) is 0 Å². The fourth-order valence-electron chi connectivity index (χ4n) is 2.82. The number of benzene rings is 1. The Kier molecular flexibility index (Phi) is 4.19. The van der Waals surface area contributed by atoms with E-state index in [4.69, 9.17) is 0 Å². The van der Waals surface area contributed by atoms with Crippen molar-refractivity contribution in [3.8, 4) is 0 Å². The topological polar surface area (TPSA) is 32.3 Å². The van der Waals surface area contributed by atoms with E-state index in [1.54, 1.807) is 0 Å². The number of rotatable bonds is 2. The van der Waals surface area contributed by atoms with Gasteiger partial charge in [0.1, 0.15) is 0 Å². The summed E-state index contributed by atoms with van der Waals surface area (Å²) in [4.78, 5) is 0. The zero-order chi connectivity index (χ0) is 12.3. The fourth-order valence-corrected chi connectivity index (χ4v) is 2.82. The molecule has 2 unspecified atom stereocenters. The van der Waals surface area contributed by atoms with Gasteiger partial charge < -0.3 is 10.4 Å². The number of aliphatic hydroxyl groups excluding tert-OH is 1. The molecule has 0 bridgehead atoms. The van der Waals surface area contributed by atoms with Crippen LogP contribution in [0.1, 0.15) is 48.5 Å². The molecule has 2 heteroatoms. The van der Waals surface area contributed by atoms with Crippen molar-refractivity contribution in [3.63, 3.8) is 0 Å². The second-order valence-electron chi connectivity index (χ2n) is 5.16. The number of aliphatic hydroxyl groups is 1. The average Bonchev–Trinajstić information content (AvgIpc) is 2.57. The van der Waals surface area contributed by atoms with Gasteiger partial charge in [0, 0.05) is 6.04 Å². The van der Waals surface area contributed by atoms with Gasteiger partial charge in [0.2, 0.25) is 0 Å². The molecule has 1 saturated heterocycles. The Hall–Kier alpha value is -0.860. The van der Waals surface area contributed by atoms with E-state index in [1.807, 2.05) is 0 Å². The Balaban J connectivity index is 2.20. The standard InChI is InChI=1S/C15H23NO/c1-11-7-6-8-12(2)14(11)15(17)13-9-4-3-5-10-16-13/h6-8,13,15-17H,3-5,9-10H2,1-2H3. The first-order valence-electron chi connectivity index (χ1n) is 6.67. The maximum atomic E-state index is 10.6. The highest BCUT2D eigenvalue weighted by molar-refractivity contribution is 5.36. The van der Waals surface area contributed by atoms with Gasteiger partial charge in [0.25, 0.3) is 0 Å². The van der Waals surface area contributed by atoms with Gasteiger partial charge in [-0.15, -0.1) is 0 Å². The molecule has 17 heavy (non-hydrogen) atoms. The Bertz CT molecular complexity index is 347. The van der Waals surface area contributed by atoms with Crippen molar-refractivity contribution in [2.24, 2.45) is 0 Å². The predicted molar refractivity (Wildman–Crippen MR) is 71.1 cm³/mol. The van der Waals surface area contributed by atoms with Crippen LogP contribution in [0, 0.1) is 13.8 Å². The monoisotopic (exact) mass is 233 g/mol. The largest absolute Gasteiger partial charge is 0.387 e. The first-order valence-corrected chi connectivity index (χ1v) is 6.67. The summed E-state index contributed by atoms with van der Waals surface area (Å²) in [6, 6.07) is 6.45. The van der Waals surface area contributed by atoms with E-state index in [2.05, 4.69) is 37.4 Å². The van der Waals surface area contributed by atoms with E-state index in [9.17, 15) is 5.11 Å². The molecular weight excluding hydrogens is 210 g/mol. The highest BCUT2D eigenvalue weighted by Gasteiger charge is 2.23. The summed E-state index contributed by atoms with van der Waals surface area (Å²) in [6.07, 6.45) is 4.45. The summed E-state index contributed by atoms with van der Waals surface area (Å²) < 4.78 is 0. The molecule has 2 atom stereocenters. The maximum absolute atomic E-state index is 10.6. The predicted octanol–water partition coefficient (Wildman–Crippen LogP) is 2.87. The Morgan fingerprint density at radius 2 is 1.88 bits per heavy atom. The summed E-state index contributed by atoms with van der Waals surface area (Å²) in [5.74, 6) is 0. The van der Waals surface area contributed by atoms with Crippen LogP contribution in [0.2, 0.25) is 0 Å². The molecular formula is C15H23NO. The minimum atomic E-state index is -0.366. The van der Waals surface area contributed by atoms with Gasteiger partial charge in [-0.1, -0.05) is 31.0 Å². The lowest BCUT2D eigenvalue weighted by molar-refractivity contribution is 0.125. The lowest BCUT2D eigenvalue weighted by Crippen LogP contribution is -2.34. The summed E-state index contributed by atoms with van der Waals surface area (Å²) in [5, 5.41) is 14.1. The molecule has 2 N–H and O–H groups in total. The van der Waals surface area contributed by atoms with E-state index in [0.717, 1.165) is 18.5 Å². The van der Waals surface area contributed by atoms with Crippen LogP contribution in [-0.4, -0.2) is 17.7 Å². The van der Waals surface area contributed by atoms with Crippen LogP contribution in [0.5, 0.6) is 0 Å². The summed E-state index contributed by atoms with van der Waals surface area (Å²) in [7, 11) is 0. The van der Waals surface area contributed by atoms with E-state index >= 15 is 0 Å². The van der Waals surface area contributed by atoms with Crippen LogP contribution in [0.3, 0.4) is 0 Å². The van der Waals surface area contributed by atoms with Gasteiger partial charge in [0.05, 0.1) is 6.10 Å². The molecule has 1 aromatic rings. The number of hydrogen-bond donors (Lipinski definition) is 2. The molecule has 0 saturated carbocycles. The normalized spacial score (nSPS) is 23.1. The van der Waals surface area contributed by atoms with Crippen molar-refractivity contribution >= 4 is 0 Å². The Morgan fingerprint density at radius 3 is 2.59 bits per heavy atom. The van der Waals surface area contributed by atoms with Crippen molar-refractivity contribution in [2.75, 3.05) is 6.54 Å². The fraction of sp³-hybridized carbons (Fsp3) is 0.600. The van der Waals surface area contributed by atoms with Gasteiger partial charge >= 0.3 is 0 Å². The van der Waals surface area contributed by atoms with Crippen molar-refractivity contribution in [1.29, 1.82) is 0 Å². The molecule has 0 aromatic heterocycles. The van der Waals surface area contributed by atoms with Crippen molar-refractivity contribution in [3.05, 3.63) is 34.9 Å². The molecule has 1 fully saturated rings. The van der Waals surface area contributed by atoms with Crippen LogP contribution in [0.4, 0.5) is 0 Å². The van der Waals surface area contributed by atoms with Crippen LogP contribution < -0.4 is 5.32 Å². The van der Waals surface area contributed by atoms with Gasteiger partial charge in [0.15, 0.2) is 0 Å². The van der Waals surface area contributed by atoms with Gasteiger partial charge in [-0.3, -0.25) is 0 Å². The second-order valence-corrected chi connectivity index (χ2v) is 5.16. The van der Waals surface area contributed by atoms with Gasteiger partial charge in [-0.2, -0.15) is 0 Å². The first-order chi connectivity index (χ1) is 8.20. The molecule has 0 aliphatic carbocycles. The zero-order valence-electron chi connectivity index (χ0n) is 10.9. The van der Waals surface area contributed by atoms with Crippen molar-refractivity contribution < 1.29 is 5.11 Å². The molecule has 0 amide bonds. The van der Waals surface area contributed by atoms with Gasteiger partial charge in [-0.25, -0.2) is 0 Å². The minimum Gasteiger partial charge on any atom is -0.387 e. The van der Waals surface area contributed by atoms with E-state index < -0.39 is 0 Å². The summed E-state index contributed by atoms with van der Waals surface area (Å²) in [5.41, 5.74) is 3.51. The Labute approximate surface area is 104 Å². The summed E-state index contributed by atoms with van der Waals surface area (Å²) in [6.45, 7) is 5.21. The van der Waals surface area contributed by atoms with Crippen molar-refractivity contribution in [1.82, 2.24) is 5.32 Å². The molecule has 2 rings (SSSR count). The second kappa shape index (κ2) is 5.65. The first kappa shape index (κ1) is 12.6. The maximum Gasteiger partial charge on any atom is 0.0948 e. The van der Waals surface area contributed by atoms with Crippen LogP contribution in [0.25, 0.3) is 0 Å². The lowest BCUT2D eigenvalue weighted by atomic mass is 9.92. The van der Waals surface area contributed by atoms with Crippen molar-refractivity contribution in [2.45, 2.75) is 51.7 Å². The average molecular weight is 233 g/mol. The Morgan fingerprint density at radius 1 is 1.18 bits per heavy atom. The minimum absolute atomic E-state index is 0.220. The van der Waals surface area contributed by atoms with Crippen LogP contribution >= 0.6 is 0 Å². The smallest absolute Gasteiger partial charge is 0.0948 e.